The van der Waals surface area contributed by atoms with Crippen LogP contribution in [-0.2, 0) is 14.3 Å². The van der Waals surface area contributed by atoms with Crippen LogP contribution in [0.5, 0.6) is 0 Å². The number of nitrogens with zero attached hydrogens (tertiary/aromatic N) is 4. The molecule has 3 aliphatic rings. The van der Waals surface area contributed by atoms with Crippen LogP contribution in [0.2, 0.25) is 0 Å². The molecule has 0 radical (unpaired) electrons. The molecular weight excluding hydrogens is 677 g/mol. The molecule has 2 fully saturated rings. The Morgan fingerprint density at radius 3 is 1.94 bits per heavy atom. The van der Waals surface area contributed by atoms with Crippen molar-refractivity contribution in [3.05, 3.63) is 83.4 Å². The van der Waals surface area contributed by atoms with Crippen molar-refractivity contribution in [2.75, 3.05) is 7.11 Å². The summed E-state index contributed by atoms with van der Waals surface area (Å²) >= 11 is 0. The predicted molar refractivity (Wildman–Crippen MR) is 212 cm³/mol. The Labute approximate surface area is 319 Å². The lowest BCUT2D eigenvalue weighted by Gasteiger charge is -2.33. The number of carbonyl (C=O) groups excluding carboxylic acids is 3. The number of aliphatic imine (C=N–C) groups is 1. The van der Waals surface area contributed by atoms with Gasteiger partial charge in [0.25, 0.3) is 0 Å². The molecule has 10 heteroatoms. The zero-order chi connectivity index (χ0) is 38.7. The summed E-state index contributed by atoms with van der Waals surface area (Å²) in [4.78, 5) is 56.0. The number of aromatic amines is 1. The monoisotopic (exact) mass is 730 g/mol. The number of imidazole rings is 1. The number of methoxy groups -OCH3 is 1. The van der Waals surface area contributed by atoms with Crippen LogP contribution in [0, 0.1) is 29.6 Å². The molecule has 1 aromatic heterocycles. The molecule has 54 heavy (non-hydrogen) atoms. The van der Waals surface area contributed by atoms with E-state index in [1.807, 2.05) is 79.4 Å². The van der Waals surface area contributed by atoms with Gasteiger partial charge >= 0.3 is 6.09 Å². The molecule has 6 atom stereocenters. The van der Waals surface area contributed by atoms with Crippen LogP contribution < -0.4 is 5.32 Å². The Balaban J connectivity index is 1.06. The van der Waals surface area contributed by atoms with Crippen LogP contribution >= 0.6 is 0 Å². The highest BCUT2D eigenvalue weighted by Crippen LogP contribution is 2.38. The van der Waals surface area contributed by atoms with Crippen molar-refractivity contribution < 1.29 is 19.1 Å². The van der Waals surface area contributed by atoms with E-state index in [1.54, 1.807) is 0 Å². The third kappa shape index (κ3) is 8.15. The maximum atomic E-state index is 13.7. The number of alkyl carbamates (subject to hydrolysis) is 1. The minimum Gasteiger partial charge on any atom is -0.453 e. The van der Waals surface area contributed by atoms with Crippen LogP contribution in [0.15, 0.2) is 65.9 Å². The summed E-state index contributed by atoms with van der Waals surface area (Å²) in [6.45, 7) is 14.3. The molecule has 2 saturated heterocycles. The molecule has 4 heterocycles. The van der Waals surface area contributed by atoms with Crippen LogP contribution in [0.25, 0.3) is 16.8 Å². The smallest absolute Gasteiger partial charge is 0.407 e. The number of likely N-dealkylation sites (tertiary alicyclic amines) is 2. The van der Waals surface area contributed by atoms with E-state index in [0.717, 1.165) is 70.7 Å². The standard InChI is InChI=1S/C44H54N6O4/c1-26(2)30(7)42(51)50-29(6)10-22-39(50)41-46-25-37(47-41)34-19-15-32(16-20-34)12-11-31-13-17-33(18-14-31)35-23-36(45-24-35)38-21-9-28(5)49(38)43(52)40(27(3)4)48-44(53)54-8/h13-20,24-30,38-40H,9-10,21-23H2,1-8H3,(H,46,47)(H,48,53)/t28-,29-,30-,38-,39-,40-/m0/s1. The molecular formula is C44H54N6O4. The van der Waals surface area contributed by atoms with Gasteiger partial charge in [-0.25, -0.2) is 9.78 Å². The van der Waals surface area contributed by atoms with Gasteiger partial charge in [-0.15, -0.1) is 0 Å². The predicted octanol–water partition coefficient (Wildman–Crippen LogP) is 7.77. The van der Waals surface area contributed by atoms with Crippen molar-refractivity contribution in [3.63, 3.8) is 0 Å². The second-order valence-corrected chi connectivity index (χ2v) is 15.8. The summed E-state index contributed by atoms with van der Waals surface area (Å²) in [6, 6.07) is 15.8. The summed E-state index contributed by atoms with van der Waals surface area (Å²) in [5.74, 6) is 7.71. The highest BCUT2D eigenvalue weighted by molar-refractivity contribution is 6.04. The molecule has 0 spiro atoms. The van der Waals surface area contributed by atoms with Crippen molar-refractivity contribution in [1.82, 2.24) is 25.1 Å². The first-order valence-corrected chi connectivity index (χ1v) is 19.4. The molecule has 284 valence electrons. The lowest BCUT2D eigenvalue weighted by atomic mass is 9.96. The zero-order valence-corrected chi connectivity index (χ0v) is 32.8. The lowest BCUT2D eigenvalue weighted by molar-refractivity contribution is -0.139. The van der Waals surface area contributed by atoms with E-state index in [1.165, 1.54) is 7.11 Å². The fraction of sp³-hybridized carbons (Fsp3) is 0.477. The molecule has 3 aromatic rings. The van der Waals surface area contributed by atoms with Crippen molar-refractivity contribution in [2.45, 2.75) is 111 Å². The SMILES string of the molecule is COC(=O)N[C@H](C(=O)N1[C@@H](C)CC[C@H]1C1=NC=C(c2ccc(C#Cc3ccc(-c4cnc([C@@H]5CC[C@H](C)N5C(=O)[C@@H](C)C(C)C)[nH]4)cc3)cc2)C1)C(C)C. The number of H-pyrrole nitrogens is 1. The second kappa shape index (κ2) is 16.5. The molecule has 0 unspecified atom stereocenters. The van der Waals surface area contributed by atoms with E-state index in [0.29, 0.717) is 12.3 Å². The topological polar surface area (TPSA) is 120 Å². The number of carbonyl (C=O) groups is 3. The first-order chi connectivity index (χ1) is 25.9. The molecule has 3 amide bonds. The minimum absolute atomic E-state index is 0.0256. The Kier molecular flexibility index (Phi) is 11.8. The van der Waals surface area contributed by atoms with Crippen molar-refractivity contribution in [2.24, 2.45) is 22.7 Å². The lowest BCUT2D eigenvalue weighted by Crippen LogP contribution is -2.55. The van der Waals surface area contributed by atoms with Crippen LogP contribution in [0.4, 0.5) is 4.79 Å². The Bertz CT molecular complexity index is 1970. The average molecular weight is 731 g/mol. The van der Waals surface area contributed by atoms with Gasteiger partial charge in [-0.3, -0.25) is 14.6 Å². The second-order valence-electron chi connectivity index (χ2n) is 15.8. The highest BCUT2D eigenvalue weighted by Gasteiger charge is 2.42. The van der Waals surface area contributed by atoms with Crippen molar-refractivity contribution in [3.8, 4) is 23.1 Å². The molecule has 0 saturated carbocycles. The van der Waals surface area contributed by atoms with Gasteiger partial charge in [0, 0.05) is 47.5 Å². The highest BCUT2D eigenvalue weighted by atomic mass is 16.5. The van der Waals surface area contributed by atoms with Gasteiger partial charge in [-0.2, -0.15) is 0 Å². The number of aromatic nitrogens is 2. The molecule has 3 aliphatic heterocycles. The van der Waals surface area contributed by atoms with E-state index in [2.05, 4.69) is 62.0 Å². The molecule has 6 rings (SSSR count). The zero-order valence-electron chi connectivity index (χ0n) is 32.8. The van der Waals surface area contributed by atoms with Gasteiger partial charge in [0.2, 0.25) is 11.8 Å². The van der Waals surface area contributed by atoms with Gasteiger partial charge in [0.05, 0.1) is 31.1 Å². The molecule has 0 aliphatic carbocycles. The Hall–Kier alpha value is -5.17. The van der Waals surface area contributed by atoms with E-state index in [4.69, 9.17) is 14.7 Å². The number of ether oxygens (including phenoxy) is 1. The maximum absolute atomic E-state index is 13.7. The Morgan fingerprint density at radius 2 is 1.37 bits per heavy atom. The number of hydrogen-bond acceptors (Lipinski definition) is 6. The first-order valence-electron chi connectivity index (χ1n) is 19.4. The number of nitrogens with one attached hydrogen (secondary N) is 2. The van der Waals surface area contributed by atoms with Gasteiger partial charge in [0.1, 0.15) is 11.9 Å². The van der Waals surface area contributed by atoms with E-state index >= 15 is 0 Å². The molecule has 10 nitrogen and oxygen atoms in total. The third-order valence-corrected chi connectivity index (χ3v) is 11.5. The average Bonchev–Trinajstić information content (AvgIpc) is 3.99. The normalized spacial score (nSPS) is 22.1. The first kappa shape index (κ1) is 38.6. The van der Waals surface area contributed by atoms with Crippen molar-refractivity contribution >= 4 is 29.2 Å². The fourth-order valence-corrected chi connectivity index (χ4v) is 7.81. The number of rotatable bonds is 9. The van der Waals surface area contributed by atoms with E-state index in [9.17, 15) is 14.4 Å². The summed E-state index contributed by atoms with van der Waals surface area (Å²) in [5, 5.41) is 2.73. The van der Waals surface area contributed by atoms with Gasteiger partial charge in [-0.05, 0) is 92.3 Å². The summed E-state index contributed by atoms with van der Waals surface area (Å²) in [6.07, 6.45) is 7.44. The third-order valence-electron chi connectivity index (χ3n) is 11.5. The number of allylic oxidation sites excluding steroid dienone is 1. The summed E-state index contributed by atoms with van der Waals surface area (Å²) in [7, 11) is 1.31. The van der Waals surface area contributed by atoms with E-state index < -0.39 is 12.1 Å². The van der Waals surface area contributed by atoms with Crippen LogP contribution in [0.3, 0.4) is 0 Å². The van der Waals surface area contributed by atoms with Gasteiger partial charge < -0.3 is 24.8 Å². The largest absolute Gasteiger partial charge is 0.453 e. The van der Waals surface area contributed by atoms with Crippen LogP contribution in [0.1, 0.15) is 109 Å². The summed E-state index contributed by atoms with van der Waals surface area (Å²) < 4.78 is 4.79. The number of hydrogen-bond donors (Lipinski definition) is 2. The molecule has 0 bridgehead atoms. The van der Waals surface area contributed by atoms with Crippen LogP contribution in [-0.4, -0.2) is 74.7 Å². The van der Waals surface area contributed by atoms with Crippen molar-refractivity contribution in [1.29, 1.82) is 0 Å². The fourth-order valence-electron chi connectivity index (χ4n) is 7.81. The number of benzene rings is 2. The van der Waals surface area contributed by atoms with E-state index in [-0.39, 0.29) is 47.8 Å². The van der Waals surface area contributed by atoms with Gasteiger partial charge in [-0.1, -0.05) is 70.7 Å². The maximum Gasteiger partial charge on any atom is 0.407 e. The summed E-state index contributed by atoms with van der Waals surface area (Å²) in [5.41, 5.74) is 6.93. The number of amides is 3. The quantitative estimate of drug-likeness (QED) is 0.218. The Morgan fingerprint density at radius 1 is 0.796 bits per heavy atom. The molecule has 2 N–H and O–H groups in total. The molecule has 2 aromatic carbocycles. The van der Waals surface area contributed by atoms with Gasteiger partial charge in [0.15, 0.2) is 0 Å². The minimum atomic E-state index is -0.666.